The lowest BCUT2D eigenvalue weighted by Gasteiger charge is -2.24. The Hall–Kier alpha value is -1.19. The molecule has 1 atom stereocenters. The SMILES string of the molecule is CC(C)(C)C(=O)C(Cc1ccccc1)NN. The highest BCUT2D eigenvalue weighted by molar-refractivity contribution is 5.88. The van der Waals surface area contributed by atoms with Crippen molar-refractivity contribution in [3.63, 3.8) is 0 Å². The number of carbonyl (C=O) groups is 1. The van der Waals surface area contributed by atoms with Crippen LogP contribution in [0.3, 0.4) is 0 Å². The molecule has 0 spiro atoms. The number of nitrogens with two attached hydrogens (primary N) is 1. The summed E-state index contributed by atoms with van der Waals surface area (Å²) >= 11 is 0. The molecule has 0 saturated carbocycles. The van der Waals surface area contributed by atoms with Gasteiger partial charge in [-0.1, -0.05) is 51.1 Å². The van der Waals surface area contributed by atoms with E-state index in [-0.39, 0.29) is 17.2 Å². The van der Waals surface area contributed by atoms with Gasteiger partial charge in [-0.05, 0) is 12.0 Å². The minimum Gasteiger partial charge on any atom is -0.297 e. The standard InChI is InChI=1S/C13H20N2O/c1-13(2,3)12(16)11(15-14)9-10-7-5-4-6-8-10/h4-8,11,15H,9,14H2,1-3H3. The molecule has 0 radical (unpaired) electrons. The molecule has 1 unspecified atom stereocenters. The summed E-state index contributed by atoms with van der Waals surface area (Å²) in [7, 11) is 0. The Morgan fingerprint density at radius 1 is 1.31 bits per heavy atom. The van der Waals surface area contributed by atoms with Gasteiger partial charge in [-0.15, -0.1) is 0 Å². The largest absolute Gasteiger partial charge is 0.297 e. The number of ketones is 1. The lowest BCUT2D eigenvalue weighted by Crippen LogP contribution is -2.47. The van der Waals surface area contributed by atoms with E-state index in [1.807, 2.05) is 51.1 Å². The molecule has 3 nitrogen and oxygen atoms in total. The molecule has 0 saturated heterocycles. The van der Waals surface area contributed by atoms with Crippen LogP contribution in [0.25, 0.3) is 0 Å². The Labute approximate surface area is 97.0 Å². The van der Waals surface area contributed by atoms with Gasteiger partial charge in [0.15, 0.2) is 5.78 Å². The zero-order valence-corrected chi connectivity index (χ0v) is 10.2. The van der Waals surface area contributed by atoms with Crippen molar-refractivity contribution < 1.29 is 4.79 Å². The Bertz CT molecular complexity index is 341. The molecule has 0 aliphatic carbocycles. The number of rotatable bonds is 4. The summed E-state index contributed by atoms with van der Waals surface area (Å²) in [5.41, 5.74) is 3.35. The topological polar surface area (TPSA) is 55.1 Å². The molecular formula is C13H20N2O. The van der Waals surface area contributed by atoms with Gasteiger partial charge in [0.2, 0.25) is 0 Å². The Balaban J connectivity index is 2.74. The molecule has 1 aromatic rings. The number of nitrogens with one attached hydrogen (secondary N) is 1. The minimum atomic E-state index is -0.369. The van der Waals surface area contributed by atoms with E-state index < -0.39 is 0 Å². The van der Waals surface area contributed by atoms with Crippen LogP contribution in [0.5, 0.6) is 0 Å². The van der Waals surface area contributed by atoms with E-state index in [0.29, 0.717) is 6.42 Å². The summed E-state index contributed by atoms with van der Waals surface area (Å²) in [4.78, 5) is 12.1. The predicted octanol–water partition coefficient (Wildman–Crippen LogP) is 1.68. The molecule has 3 heteroatoms. The van der Waals surface area contributed by atoms with E-state index >= 15 is 0 Å². The van der Waals surface area contributed by atoms with Gasteiger partial charge in [0.05, 0.1) is 6.04 Å². The fraction of sp³-hybridized carbons (Fsp3) is 0.462. The zero-order valence-electron chi connectivity index (χ0n) is 10.2. The van der Waals surface area contributed by atoms with Crippen molar-refractivity contribution in [3.05, 3.63) is 35.9 Å². The zero-order chi connectivity index (χ0) is 12.2. The maximum Gasteiger partial charge on any atom is 0.156 e. The summed E-state index contributed by atoms with van der Waals surface area (Å²) in [5, 5.41) is 0. The van der Waals surface area contributed by atoms with Crippen molar-refractivity contribution in [2.75, 3.05) is 0 Å². The van der Waals surface area contributed by atoms with Crippen molar-refractivity contribution in [3.8, 4) is 0 Å². The van der Waals surface area contributed by atoms with Crippen LogP contribution < -0.4 is 11.3 Å². The number of Topliss-reactive ketones (excluding diaryl/α,β-unsaturated/α-hetero) is 1. The summed E-state index contributed by atoms with van der Waals surface area (Å²) in [5.74, 6) is 5.59. The molecule has 0 heterocycles. The molecule has 3 N–H and O–H groups in total. The van der Waals surface area contributed by atoms with Crippen molar-refractivity contribution in [1.29, 1.82) is 0 Å². The van der Waals surface area contributed by atoms with Crippen LogP contribution in [0.15, 0.2) is 30.3 Å². The lowest BCUT2D eigenvalue weighted by molar-refractivity contribution is -0.128. The highest BCUT2D eigenvalue weighted by Crippen LogP contribution is 2.18. The first-order valence-corrected chi connectivity index (χ1v) is 5.49. The number of benzene rings is 1. The van der Waals surface area contributed by atoms with E-state index in [2.05, 4.69) is 5.43 Å². The average Bonchev–Trinajstić information content (AvgIpc) is 2.25. The fourth-order valence-electron chi connectivity index (χ4n) is 1.60. The van der Waals surface area contributed by atoms with Crippen LogP contribution in [0.2, 0.25) is 0 Å². The summed E-state index contributed by atoms with van der Waals surface area (Å²) in [6.07, 6.45) is 0.632. The molecule has 0 fully saturated rings. The summed E-state index contributed by atoms with van der Waals surface area (Å²) < 4.78 is 0. The van der Waals surface area contributed by atoms with Crippen molar-refractivity contribution in [2.45, 2.75) is 33.2 Å². The van der Waals surface area contributed by atoms with Gasteiger partial charge in [0.1, 0.15) is 0 Å². The van der Waals surface area contributed by atoms with E-state index in [1.165, 1.54) is 0 Å². The number of hydrogen-bond acceptors (Lipinski definition) is 3. The van der Waals surface area contributed by atoms with Crippen LogP contribution >= 0.6 is 0 Å². The van der Waals surface area contributed by atoms with E-state index in [1.54, 1.807) is 0 Å². The van der Waals surface area contributed by atoms with Gasteiger partial charge in [0.25, 0.3) is 0 Å². The molecule has 1 aromatic carbocycles. The quantitative estimate of drug-likeness (QED) is 0.599. The van der Waals surface area contributed by atoms with Gasteiger partial charge in [0, 0.05) is 5.41 Å². The average molecular weight is 220 g/mol. The maximum atomic E-state index is 12.1. The highest BCUT2D eigenvalue weighted by Gasteiger charge is 2.28. The van der Waals surface area contributed by atoms with Crippen LogP contribution in [-0.4, -0.2) is 11.8 Å². The summed E-state index contributed by atoms with van der Waals surface area (Å²) in [6.45, 7) is 5.72. The van der Waals surface area contributed by atoms with Gasteiger partial charge < -0.3 is 0 Å². The first-order chi connectivity index (χ1) is 7.45. The predicted molar refractivity (Wildman–Crippen MR) is 65.7 cm³/mol. The van der Waals surface area contributed by atoms with Crippen LogP contribution in [0, 0.1) is 5.41 Å². The van der Waals surface area contributed by atoms with E-state index in [4.69, 9.17) is 5.84 Å². The van der Waals surface area contributed by atoms with Crippen LogP contribution in [0.1, 0.15) is 26.3 Å². The Kier molecular flexibility index (Phi) is 4.21. The Morgan fingerprint density at radius 2 is 1.88 bits per heavy atom. The molecule has 0 aliphatic rings. The van der Waals surface area contributed by atoms with Gasteiger partial charge in [-0.2, -0.15) is 0 Å². The first kappa shape index (κ1) is 12.9. The number of carbonyl (C=O) groups excluding carboxylic acids is 1. The summed E-state index contributed by atoms with van der Waals surface area (Å²) in [6, 6.07) is 9.57. The fourth-order valence-corrected chi connectivity index (χ4v) is 1.60. The van der Waals surface area contributed by atoms with E-state index in [0.717, 1.165) is 5.56 Å². The lowest BCUT2D eigenvalue weighted by atomic mass is 9.84. The Morgan fingerprint density at radius 3 is 2.31 bits per heavy atom. The second-order valence-corrected chi connectivity index (χ2v) is 5.02. The molecule has 0 aromatic heterocycles. The van der Waals surface area contributed by atoms with Crippen molar-refractivity contribution in [2.24, 2.45) is 11.3 Å². The number of hydrogen-bond donors (Lipinski definition) is 2. The molecule has 0 bridgehead atoms. The van der Waals surface area contributed by atoms with Crippen molar-refractivity contribution in [1.82, 2.24) is 5.43 Å². The molecule has 0 amide bonds. The second-order valence-electron chi connectivity index (χ2n) is 5.02. The maximum absolute atomic E-state index is 12.1. The van der Waals surface area contributed by atoms with Gasteiger partial charge in [-0.25, -0.2) is 5.43 Å². The molecule has 16 heavy (non-hydrogen) atoms. The molecule has 1 rings (SSSR count). The second kappa shape index (κ2) is 5.23. The molecular weight excluding hydrogens is 200 g/mol. The van der Waals surface area contributed by atoms with E-state index in [9.17, 15) is 4.79 Å². The smallest absolute Gasteiger partial charge is 0.156 e. The monoisotopic (exact) mass is 220 g/mol. The third kappa shape index (κ3) is 3.43. The van der Waals surface area contributed by atoms with Crippen LogP contribution in [-0.2, 0) is 11.2 Å². The molecule has 88 valence electrons. The first-order valence-electron chi connectivity index (χ1n) is 5.49. The third-order valence-electron chi connectivity index (χ3n) is 2.54. The number of hydrazine groups is 1. The van der Waals surface area contributed by atoms with Crippen molar-refractivity contribution >= 4 is 5.78 Å². The third-order valence-corrected chi connectivity index (χ3v) is 2.54. The van der Waals surface area contributed by atoms with Crippen LogP contribution in [0.4, 0.5) is 0 Å². The normalized spacial score (nSPS) is 13.5. The highest BCUT2D eigenvalue weighted by atomic mass is 16.1. The minimum absolute atomic E-state index is 0.138. The van der Waals surface area contributed by atoms with Gasteiger partial charge in [-0.3, -0.25) is 10.6 Å². The van der Waals surface area contributed by atoms with Gasteiger partial charge >= 0.3 is 0 Å². The molecule has 0 aliphatic heterocycles.